The van der Waals surface area contributed by atoms with Crippen molar-refractivity contribution in [1.29, 1.82) is 0 Å². The number of hydrogen-bond acceptors (Lipinski definition) is 5. The molecular formula is C23H22N4O. The SMILES string of the molecule is CCN(c1ncnc(Oc2ccc(C)cc2)c1N)c1cccc2ccccc12. The third-order valence-corrected chi connectivity index (χ3v) is 4.69. The maximum absolute atomic E-state index is 6.43. The van der Waals surface area contributed by atoms with Gasteiger partial charge < -0.3 is 15.4 Å². The predicted molar refractivity (Wildman–Crippen MR) is 114 cm³/mol. The molecule has 0 fully saturated rings. The molecule has 0 radical (unpaired) electrons. The second-order valence-electron chi connectivity index (χ2n) is 6.57. The van der Waals surface area contributed by atoms with Crippen LogP contribution in [0.4, 0.5) is 17.2 Å². The van der Waals surface area contributed by atoms with Gasteiger partial charge in [0.2, 0.25) is 5.88 Å². The molecule has 0 saturated heterocycles. The Morgan fingerprint density at radius 2 is 1.68 bits per heavy atom. The van der Waals surface area contributed by atoms with Crippen molar-refractivity contribution in [3.8, 4) is 11.6 Å². The number of benzene rings is 3. The summed E-state index contributed by atoms with van der Waals surface area (Å²) in [7, 11) is 0. The van der Waals surface area contributed by atoms with Crippen LogP contribution in [0.5, 0.6) is 11.6 Å². The minimum absolute atomic E-state index is 0.354. The summed E-state index contributed by atoms with van der Waals surface area (Å²) in [6.07, 6.45) is 1.49. The first-order valence-corrected chi connectivity index (χ1v) is 9.27. The molecule has 140 valence electrons. The summed E-state index contributed by atoms with van der Waals surface area (Å²) < 4.78 is 5.92. The lowest BCUT2D eigenvalue weighted by atomic mass is 10.1. The summed E-state index contributed by atoms with van der Waals surface area (Å²) in [6.45, 7) is 4.81. The molecule has 2 N–H and O–H groups in total. The van der Waals surface area contributed by atoms with Crippen LogP contribution in [-0.2, 0) is 0 Å². The van der Waals surface area contributed by atoms with E-state index in [0.717, 1.165) is 16.6 Å². The predicted octanol–water partition coefficient (Wildman–Crippen LogP) is 5.47. The van der Waals surface area contributed by atoms with E-state index in [4.69, 9.17) is 10.5 Å². The quantitative estimate of drug-likeness (QED) is 0.504. The number of fused-ring (bicyclic) bond motifs is 1. The number of hydrogen-bond donors (Lipinski definition) is 1. The van der Waals surface area contributed by atoms with Crippen LogP contribution in [-0.4, -0.2) is 16.5 Å². The van der Waals surface area contributed by atoms with Crippen LogP contribution in [0.1, 0.15) is 12.5 Å². The number of aryl methyl sites for hydroxylation is 1. The summed E-state index contributed by atoms with van der Waals surface area (Å²) >= 11 is 0. The number of nitrogen functional groups attached to an aromatic ring is 1. The summed E-state index contributed by atoms with van der Waals surface area (Å²) in [5.74, 6) is 1.68. The fourth-order valence-corrected chi connectivity index (χ4v) is 3.26. The summed E-state index contributed by atoms with van der Waals surface area (Å²) in [5, 5.41) is 2.31. The molecule has 28 heavy (non-hydrogen) atoms. The zero-order chi connectivity index (χ0) is 19.5. The van der Waals surface area contributed by atoms with Gasteiger partial charge in [0.05, 0.1) is 5.69 Å². The fourth-order valence-electron chi connectivity index (χ4n) is 3.26. The Morgan fingerprint density at radius 3 is 2.46 bits per heavy atom. The van der Waals surface area contributed by atoms with Crippen molar-refractivity contribution >= 4 is 28.0 Å². The lowest BCUT2D eigenvalue weighted by molar-refractivity contribution is 0.464. The molecule has 1 aromatic heterocycles. The number of anilines is 3. The molecule has 0 atom stereocenters. The van der Waals surface area contributed by atoms with Gasteiger partial charge in [-0.1, -0.05) is 54.1 Å². The van der Waals surface area contributed by atoms with Gasteiger partial charge in [-0.05, 0) is 37.4 Å². The van der Waals surface area contributed by atoms with Crippen molar-refractivity contribution in [2.75, 3.05) is 17.2 Å². The van der Waals surface area contributed by atoms with E-state index >= 15 is 0 Å². The van der Waals surface area contributed by atoms with Gasteiger partial charge in [0.15, 0.2) is 5.82 Å². The summed E-state index contributed by atoms with van der Waals surface area (Å²) in [6, 6.07) is 22.3. The highest BCUT2D eigenvalue weighted by Crippen LogP contribution is 2.37. The van der Waals surface area contributed by atoms with Crippen LogP contribution in [0.15, 0.2) is 73.1 Å². The fraction of sp³-hybridized carbons (Fsp3) is 0.130. The Balaban J connectivity index is 1.76. The monoisotopic (exact) mass is 370 g/mol. The first kappa shape index (κ1) is 17.8. The number of aromatic nitrogens is 2. The molecule has 0 saturated carbocycles. The molecular weight excluding hydrogens is 348 g/mol. The van der Waals surface area contributed by atoms with Crippen molar-refractivity contribution in [3.05, 3.63) is 78.6 Å². The van der Waals surface area contributed by atoms with Crippen LogP contribution in [0.3, 0.4) is 0 Å². The van der Waals surface area contributed by atoms with Crippen LogP contribution in [0.25, 0.3) is 10.8 Å². The van der Waals surface area contributed by atoms with Gasteiger partial charge in [-0.25, -0.2) is 4.98 Å². The van der Waals surface area contributed by atoms with E-state index < -0.39 is 0 Å². The van der Waals surface area contributed by atoms with E-state index in [2.05, 4.69) is 46.1 Å². The van der Waals surface area contributed by atoms with E-state index in [9.17, 15) is 0 Å². The number of nitrogens with two attached hydrogens (primary N) is 1. The van der Waals surface area contributed by atoms with Crippen molar-refractivity contribution in [2.24, 2.45) is 0 Å². The van der Waals surface area contributed by atoms with E-state index in [0.29, 0.717) is 29.7 Å². The average molecular weight is 370 g/mol. The molecule has 4 aromatic rings. The number of nitrogens with zero attached hydrogens (tertiary/aromatic N) is 3. The normalized spacial score (nSPS) is 10.8. The maximum Gasteiger partial charge on any atom is 0.248 e. The first-order chi connectivity index (χ1) is 13.7. The molecule has 5 nitrogen and oxygen atoms in total. The van der Waals surface area contributed by atoms with Gasteiger partial charge in [-0.2, -0.15) is 4.98 Å². The lowest BCUT2D eigenvalue weighted by Gasteiger charge is -2.25. The van der Waals surface area contributed by atoms with Gasteiger partial charge in [0.25, 0.3) is 0 Å². The average Bonchev–Trinajstić information content (AvgIpc) is 2.73. The molecule has 0 unspecified atom stereocenters. The van der Waals surface area contributed by atoms with Gasteiger partial charge >= 0.3 is 0 Å². The topological polar surface area (TPSA) is 64.3 Å². The molecule has 3 aromatic carbocycles. The molecule has 1 heterocycles. The highest BCUT2D eigenvalue weighted by atomic mass is 16.5. The van der Waals surface area contributed by atoms with Crippen LogP contribution in [0, 0.1) is 6.92 Å². The molecule has 0 amide bonds. The van der Waals surface area contributed by atoms with Gasteiger partial charge in [-0.3, -0.25) is 0 Å². The molecule has 5 heteroatoms. The molecule has 0 bridgehead atoms. The zero-order valence-corrected chi connectivity index (χ0v) is 16.0. The lowest BCUT2D eigenvalue weighted by Crippen LogP contribution is -2.19. The van der Waals surface area contributed by atoms with Crippen molar-refractivity contribution < 1.29 is 4.74 Å². The highest BCUT2D eigenvalue weighted by molar-refractivity contribution is 5.96. The zero-order valence-electron chi connectivity index (χ0n) is 16.0. The maximum atomic E-state index is 6.43. The van der Waals surface area contributed by atoms with Gasteiger partial charge in [0, 0.05) is 11.9 Å². The summed E-state index contributed by atoms with van der Waals surface area (Å²) in [5.41, 5.74) is 9.05. The third kappa shape index (κ3) is 3.34. The Morgan fingerprint density at radius 1 is 0.929 bits per heavy atom. The van der Waals surface area contributed by atoms with Gasteiger partial charge in [-0.15, -0.1) is 0 Å². The standard InChI is InChI=1S/C23H22N4O/c1-3-27(20-10-6-8-17-7-4-5-9-19(17)20)22-21(24)23(26-15-25-22)28-18-13-11-16(2)12-14-18/h4-15H,3,24H2,1-2H3. The van der Waals surface area contributed by atoms with E-state index in [-0.39, 0.29) is 0 Å². The minimum atomic E-state index is 0.354. The van der Waals surface area contributed by atoms with Crippen LogP contribution >= 0.6 is 0 Å². The second kappa shape index (κ2) is 7.56. The summed E-state index contributed by atoms with van der Waals surface area (Å²) in [4.78, 5) is 10.8. The first-order valence-electron chi connectivity index (χ1n) is 9.27. The van der Waals surface area contributed by atoms with E-state index in [1.165, 1.54) is 11.7 Å². The molecule has 0 spiro atoms. The second-order valence-corrected chi connectivity index (χ2v) is 6.57. The van der Waals surface area contributed by atoms with Crippen molar-refractivity contribution in [1.82, 2.24) is 9.97 Å². The third-order valence-electron chi connectivity index (χ3n) is 4.69. The van der Waals surface area contributed by atoms with E-state index in [1.807, 2.05) is 49.4 Å². The van der Waals surface area contributed by atoms with Crippen LogP contribution in [0.2, 0.25) is 0 Å². The van der Waals surface area contributed by atoms with Crippen LogP contribution < -0.4 is 15.4 Å². The van der Waals surface area contributed by atoms with Crippen molar-refractivity contribution in [3.63, 3.8) is 0 Å². The molecule has 0 aliphatic rings. The molecule has 0 aliphatic heterocycles. The Bertz CT molecular complexity index is 1100. The minimum Gasteiger partial charge on any atom is -0.437 e. The van der Waals surface area contributed by atoms with Gasteiger partial charge in [0.1, 0.15) is 17.8 Å². The van der Waals surface area contributed by atoms with Crippen molar-refractivity contribution in [2.45, 2.75) is 13.8 Å². The number of rotatable bonds is 5. The molecule has 4 rings (SSSR count). The Labute approximate surface area is 164 Å². The van der Waals surface area contributed by atoms with E-state index in [1.54, 1.807) is 0 Å². The molecule has 0 aliphatic carbocycles. The smallest absolute Gasteiger partial charge is 0.248 e. The highest BCUT2D eigenvalue weighted by Gasteiger charge is 2.18. The number of ether oxygens (including phenoxy) is 1. The Kier molecular flexibility index (Phi) is 4.81. The Hall–Kier alpha value is -3.60. The largest absolute Gasteiger partial charge is 0.437 e.